The van der Waals surface area contributed by atoms with Crippen LogP contribution in [0.15, 0.2) is 15.8 Å². The number of nitrogens with zero attached hydrogens (tertiary/aromatic N) is 1. The first-order valence-corrected chi connectivity index (χ1v) is 5.53. The fourth-order valence-corrected chi connectivity index (χ4v) is 1.72. The maximum absolute atomic E-state index is 13.3. The first kappa shape index (κ1) is 17.3. The third-order valence-electron chi connectivity index (χ3n) is 2.64. The van der Waals surface area contributed by atoms with Crippen LogP contribution in [0.3, 0.4) is 0 Å². The highest BCUT2D eigenvalue weighted by Crippen LogP contribution is 2.39. The monoisotopic (exact) mass is 318 g/mol. The number of aromatic nitrogens is 2. The van der Waals surface area contributed by atoms with Gasteiger partial charge < -0.3 is 9.84 Å². The highest BCUT2D eigenvalue weighted by molar-refractivity contribution is 4.93. The molecule has 0 amide bonds. The predicted molar refractivity (Wildman–Crippen MR) is 58.9 cm³/mol. The number of ether oxygens (including phenoxy) is 1. The molecule has 2 rings (SSSR count). The minimum atomic E-state index is -3.33. The van der Waals surface area contributed by atoms with Crippen molar-refractivity contribution in [3.63, 3.8) is 0 Å². The molecule has 1 aliphatic heterocycles. The second kappa shape index (κ2) is 6.80. The Hall–Kier alpha value is -1.75. The van der Waals surface area contributed by atoms with Crippen LogP contribution in [0.2, 0.25) is 0 Å². The molecular formula is C10H11F5N2O4. The van der Waals surface area contributed by atoms with Crippen LogP contribution in [0, 0.1) is 5.82 Å². The van der Waals surface area contributed by atoms with Crippen molar-refractivity contribution in [2.24, 2.45) is 0 Å². The summed E-state index contributed by atoms with van der Waals surface area (Å²) in [6, 6.07) is 0. The van der Waals surface area contributed by atoms with Crippen LogP contribution < -0.4 is 11.2 Å². The Kier molecular flexibility index (Phi) is 5.61. The third-order valence-corrected chi connectivity index (χ3v) is 2.64. The summed E-state index contributed by atoms with van der Waals surface area (Å²) in [4.78, 5) is 23.8. The molecule has 0 aliphatic carbocycles. The minimum absolute atomic E-state index is 0.502. The van der Waals surface area contributed by atoms with Crippen molar-refractivity contribution in [1.82, 2.24) is 9.55 Å². The zero-order valence-electron chi connectivity index (χ0n) is 10.4. The summed E-state index contributed by atoms with van der Waals surface area (Å²) in [5.74, 6) is -4.61. The number of rotatable bonds is 2. The first-order chi connectivity index (χ1) is 9.76. The fourth-order valence-electron chi connectivity index (χ4n) is 1.72. The van der Waals surface area contributed by atoms with Gasteiger partial charge in [0.05, 0.1) is 19.2 Å². The molecule has 0 aromatic carbocycles. The fraction of sp³-hybridized carbons (Fsp3) is 0.600. The Bertz CT molecular complexity index is 588. The molecule has 1 fully saturated rings. The topological polar surface area (TPSA) is 84.3 Å². The maximum atomic E-state index is 13.3. The second-order valence-corrected chi connectivity index (χ2v) is 3.97. The van der Waals surface area contributed by atoms with Gasteiger partial charge in [0.15, 0.2) is 0 Å². The van der Waals surface area contributed by atoms with E-state index in [9.17, 15) is 31.5 Å². The Morgan fingerprint density at radius 1 is 1.43 bits per heavy atom. The summed E-state index contributed by atoms with van der Waals surface area (Å²) < 4.78 is 64.1. The molecule has 1 aromatic rings. The van der Waals surface area contributed by atoms with Crippen molar-refractivity contribution in [3.05, 3.63) is 32.9 Å². The molecule has 1 aromatic heterocycles. The van der Waals surface area contributed by atoms with Gasteiger partial charge in [-0.25, -0.2) is 22.4 Å². The Morgan fingerprint density at radius 3 is 2.48 bits per heavy atom. The predicted octanol–water partition coefficient (Wildman–Crippen LogP) is 0.474. The van der Waals surface area contributed by atoms with E-state index in [4.69, 9.17) is 9.84 Å². The molecule has 1 aliphatic rings. The summed E-state index contributed by atoms with van der Waals surface area (Å²) in [7, 11) is 0. The number of alkyl halides is 4. The SMILES string of the molecule is FCF.O=c1[nH]c(=O)n(C2CC(F)(F)C(CO)O2)cc1F. The number of nitrogens with one attached hydrogen (secondary N) is 1. The number of halogens is 5. The van der Waals surface area contributed by atoms with Gasteiger partial charge in [-0.3, -0.25) is 14.3 Å². The quantitative estimate of drug-likeness (QED) is 0.777. The van der Waals surface area contributed by atoms with Crippen LogP contribution in [0.4, 0.5) is 22.0 Å². The van der Waals surface area contributed by atoms with Gasteiger partial charge in [-0.1, -0.05) is 0 Å². The van der Waals surface area contributed by atoms with Crippen LogP contribution in [0.25, 0.3) is 0 Å². The molecule has 0 spiro atoms. The van der Waals surface area contributed by atoms with E-state index in [0.29, 0.717) is 10.8 Å². The molecule has 2 unspecified atom stereocenters. The molecule has 120 valence electrons. The maximum Gasteiger partial charge on any atom is 0.330 e. The highest BCUT2D eigenvalue weighted by Gasteiger charge is 2.50. The summed E-state index contributed by atoms with van der Waals surface area (Å²) >= 11 is 0. The number of H-pyrrole nitrogens is 1. The van der Waals surface area contributed by atoms with E-state index in [0.717, 1.165) is 0 Å². The van der Waals surface area contributed by atoms with Crippen molar-refractivity contribution >= 4 is 0 Å². The van der Waals surface area contributed by atoms with Gasteiger partial charge in [0.1, 0.15) is 12.3 Å². The van der Waals surface area contributed by atoms with Gasteiger partial charge in [-0.05, 0) is 0 Å². The average Bonchev–Trinajstić information content (AvgIpc) is 2.69. The van der Waals surface area contributed by atoms with Crippen molar-refractivity contribution in [2.45, 2.75) is 24.7 Å². The molecule has 2 N–H and O–H groups in total. The molecule has 0 saturated carbocycles. The highest BCUT2D eigenvalue weighted by atomic mass is 19.3. The van der Waals surface area contributed by atoms with Crippen molar-refractivity contribution in [2.75, 3.05) is 13.5 Å². The summed E-state index contributed by atoms with van der Waals surface area (Å²) in [5, 5.41) is 8.71. The molecule has 21 heavy (non-hydrogen) atoms. The van der Waals surface area contributed by atoms with Gasteiger partial charge in [-0.2, -0.15) is 4.39 Å². The normalized spacial score (nSPS) is 23.5. The summed E-state index contributed by atoms with van der Waals surface area (Å²) in [6.07, 6.45) is -3.58. The second-order valence-electron chi connectivity index (χ2n) is 3.97. The molecule has 11 heteroatoms. The van der Waals surface area contributed by atoms with Crippen LogP contribution >= 0.6 is 0 Å². The zero-order valence-corrected chi connectivity index (χ0v) is 10.4. The number of aliphatic hydroxyl groups excluding tert-OH is 1. The minimum Gasteiger partial charge on any atom is -0.393 e. The number of hydrogen-bond donors (Lipinski definition) is 2. The van der Waals surface area contributed by atoms with Crippen molar-refractivity contribution < 1.29 is 31.8 Å². The number of hydrogen-bond acceptors (Lipinski definition) is 4. The van der Waals surface area contributed by atoms with Crippen LogP contribution in [0.1, 0.15) is 12.6 Å². The van der Waals surface area contributed by atoms with Crippen LogP contribution in [-0.2, 0) is 4.74 Å². The van der Waals surface area contributed by atoms with E-state index in [1.54, 1.807) is 4.98 Å². The van der Waals surface area contributed by atoms with E-state index in [1.165, 1.54) is 0 Å². The zero-order chi connectivity index (χ0) is 16.2. The smallest absolute Gasteiger partial charge is 0.330 e. The van der Waals surface area contributed by atoms with Gasteiger partial charge in [0, 0.05) is 0 Å². The molecule has 2 heterocycles. The lowest BCUT2D eigenvalue weighted by Gasteiger charge is -2.14. The van der Waals surface area contributed by atoms with Gasteiger partial charge in [0.2, 0.25) is 12.7 Å². The molecule has 1 saturated heterocycles. The van der Waals surface area contributed by atoms with Gasteiger partial charge >= 0.3 is 5.69 Å². The van der Waals surface area contributed by atoms with E-state index < -0.39 is 55.3 Å². The lowest BCUT2D eigenvalue weighted by molar-refractivity contribution is -0.102. The van der Waals surface area contributed by atoms with E-state index in [1.807, 2.05) is 0 Å². The molecular weight excluding hydrogens is 307 g/mol. The van der Waals surface area contributed by atoms with Gasteiger partial charge in [0.25, 0.3) is 11.5 Å². The van der Waals surface area contributed by atoms with E-state index >= 15 is 0 Å². The molecule has 0 bridgehead atoms. The summed E-state index contributed by atoms with van der Waals surface area (Å²) in [6.45, 7) is -2.68. The summed E-state index contributed by atoms with van der Waals surface area (Å²) in [5.41, 5.74) is -2.29. The number of aromatic amines is 1. The average molecular weight is 318 g/mol. The lowest BCUT2D eigenvalue weighted by Crippen LogP contribution is -2.34. The van der Waals surface area contributed by atoms with Gasteiger partial charge in [-0.15, -0.1) is 0 Å². The van der Waals surface area contributed by atoms with E-state index in [2.05, 4.69) is 0 Å². The van der Waals surface area contributed by atoms with Crippen LogP contribution in [-0.4, -0.2) is 40.2 Å². The Morgan fingerprint density at radius 2 is 2.00 bits per heavy atom. The van der Waals surface area contributed by atoms with Crippen LogP contribution in [0.5, 0.6) is 0 Å². The third kappa shape index (κ3) is 3.88. The van der Waals surface area contributed by atoms with E-state index in [-0.39, 0.29) is 0 Å². The lowest BCUT2D eigenvalue weighted by atomic mass is 10.2. The molecule has 6 nitrogen and oxygen atoms in total. The molecule has 2 atom stereocenters. The Balaban J connectivity index is 0.000000677. The van der Waals surface area contributed by atoms with Crippen molar-refractivity contribution in [1.29, 1.82) is 0 Å². The molecule has 0 radical (unpaired) electrons. The number of aliphatic hydroxyl groups is 1. The first-order valence-electron chi connectivity index (χ1n) is 5.53. The standard InChI is InChI=1S/C9H9F3N2O4.CH2F2/c10-4-2-14(8(17)13-7(4)16)6-1-9(11,12)5(3-15)18-6;2-1-3/h2,5-6,15H,1,3H2,(H,13,16,17);1H2. The Labute approximate surface area is 113 Å². The largest absolute Gasteiger partial charge is 0.393 e. The van der Waals surface area contributed by atoms with Crippen molar-refractivity contribution in [3.8, 4) is 0 Å².